The summed E-state index contributed by atoms with van der Waals surface area (Å²) in [6.45, 7) is 4.10. The first-order chi connectivity index (χ1) is 8.88. The lowest BCUT2D eigenvalue weighted by molar-refractivity contribution is 0.727. The maximum Gasteiger partial charge on any atom is 0.124 e. The van der Waals surface area contributed by atoms with Crippen molar-refractivity contribution in [1.29, 1.82) is 0 Å². The molecular formula is C14H17N3S. The minimum Gasteiger partial charge on any atom is -0.312 e. The summed E-state index contributed by atoms with van der Waals surface area (Å²) in [5.74, 6) is 0.713. The summed E-state index contributed by atoms with van der Waals surface area (Å²) >= 11 is 1.82. The summed E-state index contributed by atoms with van der Waals surface area (Å²) in [5, 5.41) is 4.54. The van der Waals surface area contributed by atoms with Crippen LogP contribution in [0.5, 0.6) is 0 Å². The number of thiazole rings is 1. The van der Waals surface area contributed by atoms with Crippen molar-refractivity contribution in [3.63, 3.8) is 0 Å². The SMILES string of the molecule is CCNCc1sc(-c2ccncc2)nc1C1CC1. The highest BCUT2D eigenvalue weighted by Crippen LogP contribution is 2.44. The Balaban J connectivity index is 1.91. The summed E-state index contributed by atoms with van der Waals surface area (Å²) in [5.41, 5.74) is 2.51. The van der Waals surface area contributed by atoms with Crippen LogP contribution < -0.4 is 5.32 Å². The molecule has 1 aliphatic rings. The molecule has 0 radical (unpaired) electrons. The number of hydrogen-bond acceptors (Lipinski definition) is 4. The molecule has 4 heteroatoms. The first kappa shape index (κ1) is 11.8. The van der Waals surface area contributed by atoms with Crippen molar-refractivity contribution in [3.8, 4) is 10.6 Å². The molecule has 0 bridgehead atoms. The molecule has 0 saturated heterocycles. The fraction of sp³-hybridized carbons (Fsp3) is 0.429. The second-order valence-corrected chi connectivity index (χ2v) is 5.70. The molecule has 1 saturated carbocycles. The van der Waals surface area contributed by atoms with Crippen molar-refractivity contribution in [1.82, 2.24) is 15.3 Å². The molecule has 0 atom stereocenters. The van der Waals surface area contributed by atoms with Gasteiger partial charge in [-0.3, -0.25) is 4.98 Å². The largest absolute Gasteiger partial charge is 0.312 e. The molecule has 2 aromatic heterocycles. The first-order valence-corrected chi connectivity index (χ1v) is 7.31. The van der Waals surface area contributed by atoms with E-state index in [4.69, 9.17) is 4.98 Å². The summed E-state index contributed by atoms with van der Waals surface area (Å²) in [6.07, 6.45) is 6.27. The third-order valence-electron chi connectivity index (χ3n) is 3.15. The number of nitrogens with zero attached hydrogens (tertiary/aromatic N) is 2. The van der Waals surface area contributed by atoms with Crippen LogP contribution in [0.3, 0.4) is 0 Å². The van der Waals surface area contributed by atoms with E-state index in [2.05, 4.69) is 17.2 Å². The Morgan fingerprint density at radius 3 is 2.78 bits per heavy atom. The second kappa shape index (κ2) is 5.16. The lowest BCUT2D eigenvalue weighted by atomic mass is 10.2. The van der Waals surface area contributed by atoms with E-state index >= 15 is 0 Å². The predicted molar refractivity (Wildman–Crippen MR) is 74.7 cm³/mol. The van der Waals surface area contributed by atoms with Gasteiger partial charge < -0.3 is 5.32 Å². The third-order valence-corrected chi connectivity index (χ3v) is 4.27. The molecule has 0 aromatic carbocycles. The summed E-state index contributed by atoms with van der Waals surface area (Å²) in [4.78, 5) is 10.3. The van der Waals surface area contributed by atoms with Crippen LogP contribution in [-0.2, 0) is 6.54 Å². The summed E-state index contributed by atoms with van der Waals surface area (Å²) in [7, 11) is 0. The zero-order valence-electron chi connectivity index (χ0n) is 10.5. The first-order valence-electron chi connectivity index (χ1n) is 6.49. The average Bonchev–Trinajstić information content (AvgIpc) is 3.18. The second-order valence-electron chi connectivity index (χ2n) is 4.62. The van der Waals surface area contributed by atoms with Gasteiger partial charge in [0, 0.05) is 35.3 Å². The van der Waals surface area contributed by atoms with Crippen LogP contribution in [-0.4, -0.2) is 16.5 Å². The van der Waals surface area contributed by atoms with Crippen molar-refractivity contribution in [3.05, 3.63) is 35.1 Å². The Bertz CT molecular complexity index is 517. The Hall–Kier alpha value is -1.26. The molecular weight excluding hydrogens is 242 g/mol. The molecule has 18 heavy (non-hydrogen) atoms. The normalized spacial score (nSPS) is 14.9. The predicted octanol–water partition coefficient (Wildman–Crippen LogP) is 3.19. The lowest BCUT2D eigenvalue weighted by Crippen LogP contribution is -2.11. The maximum atomic E-state index is 4.85. The quantitative estimate of drug-likeness (QED) is 0.896. The van der Waals surface area contributed by atoms with Crippen LogP contribution >= 0.6 is 11.3 Å². The van der Waals surface area contributed by atoms with E-state index < -0.39 is 0 Å². The zero-order valence-corrected chi connectivity index (χ0v) is 11.3. The molecule has 1 N–H and O–H groups in total. The Kier molecular flexibility index (Phi) is 3.39. The number of hydrogen-bond donors (Lipinski definition) is 1. The summed E-state index contributed by atoms with van der Waals surface area (Å²) < 4.78 is 0. The van der Waals surface area contributed by atoms with Gasteiger partial charge in [0.15, 0.2) is 0 Å². The lowest BCUT2D eigenvalue weighted by Gasteiger charge is -2.00. The van der Waals surface area contributed by atoms with Gasteiger partial charge in [-0.05, 0) is 31.5 Å². The summed E-state index contributed by atoms with van der Waals surface area (Å²) in [6, 6.07) is 4.07. The fourth-order valence-electron chi connectivity index (χ4n) is 2.02. The number of pyridine rings is 1. The van der Waals surface area contributed by atoms with Gasteiger partial charge in [-0.15, -0.1) is 11.3 Å². The molecule has 1 fully saturated rings. The fourth-order valence-corrected chi connectivity index (χ4v) is 3.14. The molecule has 0 aliphatic heterocycles. The van der Waals surface area contributed by atoms with Gasteiger partial charge in [-0.25, -0.2) is 4.98 Å². The monoisotopic (exact) mass is 259 g/mol. The highest BCUT2D eigenvalue weighted by atomic mass is 32.1. The number of nitrogens with one attached hydrogen (secondary N) is 1. The van der Waals surface area contributed by atoms with E-state index in [0.717, 1.165) is 18.1 Å². The number of rotatable bonds is 5. The van der Waals surface area contributed by atoms with Crippen LogP contribution in [0.1, 0.15) is 36.3 Å². The average molecular weight is 259 g/mol. The van der Waals surface area contributed by atoms with Crippen LogP contribution in [0, 0.1) is 0 Å². The van der Waals surface area contributed by atoms with Crippen molar-refractivity contribution in [2.24, 2.45) is 0 Å². The van der Waals surface area contributed by atoms with E-state index in [9.17, 15) is 0 Å². The number of aromatic nitrogens is 2. The van der Waals surface area contributed by atoms with Crippen molar-refractivity contribution in [2.45, 2.75) is 32.2 Å². The van der Waals surface area contributed by atoms with E-state index in [0.29, 0.717) is 5.92 Å². The van der Waals surface area contributed by atoms with Crippen molar-refractivity contribution < 1.29 is 0 Å². The molecule has 2 aromatic rings. The standard InChI is InChI=1S/C14H17N3S/c1-2-15-9-12-13(10-3-4-10)17-14(18-12)11-5-7-16-8-6-11/h5-8,10,15H,2-4,9H2,1H3. The molecule has 94 valence electrons. The molecule has 0 unspecified atom stereocenters. The van der Waals surface area contributed by atoms with Gasteiger partial charge in [0.25, 0.3) is 0 Å². The Labute approximate surface area is 111 Å². The molecule has 0 amide bonds. The van der Waals surface area contributed by atoms with Gasteiger partial charge >= 0.3 is 0 Å². The van der Waals surface area contributed by atoms with Crippen LogP contribution in [0.4, 0.5) is 0 Å². The highest BCUT2D eigenvalue weighted by molar-refractivity contribution is 7.15. The van der Waals surface area contributed by atoms with Gasteiger partial charge in [0.05, 0.1) is 5.69 Å². The minimum absolute atomic E-state index is 0.713. The van der Waals surface area contributed by atoms with E-state index in [1.54, 1.807) is 0 Å². The van der Waals surface area contributed by atoms with E-state index in [1.807, 2.05) is 35.9 Å². The molecule has 3 rings (SSSR count). The molecule has 2 heterocycles. The highest BCUT2D eigenvalue weighted by Gasteiger charge is 2.29. The zero-order chi connectivity index (χ0) is 12.4. The Morgan fingerprint density at radius 1 is 1.33 bits per heavy atom. The van der Waals surface area contributed by atoms with Crippen LogP contribution in [0.2, 0.25) is 0 Å². The van der Waals surface area contributed by atoms with Gasteiger partial charge in [0.2, 0.25) is 0 Å². The molecule has 1 aliphatic carbocycles. The maximum absolute atomic E-state index is 4.85. The van der Waals surface area contributed by atoms with Crippen LogP contribution in [0.25, 0.3) is 10.6 Å². The third kappa shape index (κ3) is 2.44. The topological polar surface area (TPSA) is 37.8 Å². The van der Waals surface area contributed by atoms with E-state index in [1.165, 1.54) is 29.0 Å². The molecule has 3 nitrogen and oxygen atoms in total. The van der Waals surface area contributed by atoms with Crippen LogP contribution in [0.15, 0.2) is 24.5 Å². The Morgan fingerprint density at radius 2 is 2.11 bits per heavy atom. The van der Waals surface area contributed by atoms with Crippen molar-refractivity contribution in [2.75, 3.05) is 6.54 Å². The minimum atomic E-state index is 0.713. The van der Waals surface area contributed by atoms with Crippen molar-refractivity contribution >= 4 is 11.3 Å². The molecule has 0 spiro atoms. The van der Waals surface area contributed by atoms with Gasteiger partial charge in [-0.1, -0.05) is 6.92 Å². The smallest absolute Gasteiger partial charge is 0.124 e. The van der Waals surface area contributed by atoms with Gasteiger partial charge in [0.1, 0.15) is 5.01 Å². The van der Waals surface area contributed by atoms with E-state index in [-0.39, 0.29) is 0 Å². The van der Waals surface area contributed by atoms with Gasteiger partial charge in [-0.2, -0.15) is 0 Å².